The highest BCUT2D eigenvalue weighted by Gasteiger charge is 2.53. The van der Waals surface area contributed by atoms with Crippen LogP contribution in [-0.4, -0.2) is 22.5 Å². The molecule has 4 aliphatic rings. The van der Waals surface area contributed by atoms with Gasteiger partial charge in [0, 0.05) is 11.1 Å². The molecular formula is C20H25NO3. The molecular weight excluding hydrogens is 302 g/mol. The second-order valence-electron chi connectivity index (χ2n) is 8.05. The number of carboxylic acid groups (broad SMARTS) is 1. The van der Waals surface area contributed by atoms with Gasteiger partial charge >= 0.3 is 5.97 Å². The first-order valence-corrected chi connectivity index (χ1v) is 9.12. The van der Waals surface area contributed by atoms with Crippen molar-refractivity contribution in [3.63, 3.8) is 0 Å². The minimum absolute atomic E-state index is 0.0203. The fourth-order valence-corrected chi connectivity index (χ4v) is 5.10. The molecule has 128 valence electrons. The molecule has 0 radical (unpaired) electrons. The maximum atomic E-state index is 12.9. The quantitative estimate of drug-likeness (QED) is 0.894. The Morgan fingerprint density at radius 2 is 1.71 bits per heavy atom. The van der Waals surface area contributed by atoms with Crippen molar-refractivity contribution in [3.05, 3.63) is 34.4 Å². The number of hydrogen-bond acceptors (Lipinski definition) is 2. The Morgan fingerprint density at radius 3 is 2.33 bits per heavy atom. The maximum Gasteiger partial charge on any atom is 0.309 e. The van der Waals surface area contributed by atoms with Crippen LogP contribution in [0.4, 0.5) is 0 Å². The summed E-state index contributed by atoms with van der Waals surface area (Å²) in [6.45, 7) is 2.06. The van der Waals surface area contributed by atoms with Crippen molar-refractivity contribution < 1.29 is 14.7 Å². The zero-order chi connectivity index (χ0) is 16.9. The summed E-state index contributed by atoms with van der Waals surface area (Å²) >= 11 is 0. The second-order valence-corrected chi connectivity index (χ2v) is 8.05. The number of amides is 1. The van der Waals surface area contributed by atoms with Crippen molar-refractivity contribution in [2.45, 2.75) is 70.3 Å². The van der Waals surface area contributed by atoms with Crippen LogP contribution in [0, 0.1) is 12.3 Å². The summed E-state index contributed by atoms with van der Waals surface area (Å²) < 4.78 is 0. The molecule has 0 heterocycles. The van der Waals surface area contributed by atoms with Crippen molar-refractivity contribution in [3.8, 4) is 0 Å². The van der Waals surface area contributed by atoms with Gasteiger partial charge in [0.15, 0.2) is 0 Å². The average molecular weight is 327 g/mol. The number of rotatable bonds is 3. The van der Waals surface area contributed by atoms with E-state index >= 15 is 0 Å². The molecule has 24 heavy (non-hydrogen) atoms. The molecule has 0 aromatic heterocycles. The predicted molar refractivity (Wildman–Crippen MR) is 91.2 cm³/mol. The Hall–Kier alpha value is -1.84. The first kappa shape index (κ1) is 15.7. The SMILES string of the molecule is Cc1c(C(=O)NC23CCC(C(=O)O)(CC2)CC3)ccc2c1CCC2. The van der Waals surface area contributed by atoms with Crippen molar-refractivity contribution in [1.82, 2.24) is 5.32 Å². The van der Waals surface area contributed by atoms with E-state index in [2.05, 4.69) is 18.3 Å². The van der Waals surface area contributed by atoms with Gasteiger partial charge in [-0.15, -0.1) is 0 Å². The Labute approximate surface area is 142 Å². The molecule has 1 amide bonds. The van der Waals surface area contributed by atoms with Gasteiger partial charge in [0.1, 0.15) is 0 Å². The Morgan fingerprint density at radius 1 is 1.04 bits per heavy atom. The van der Waals surface area contributed by atoms with Gasteiger partial charge < -0.3 is 10.4 Å². The third-order valence-corrected chi connectivity index (χ3v) is 6.89. The Kier molecular flexibility index (Phi) is 3.48. The second kappa shape index (κ2) is 5.33. The van der Waals surface area contributed by atoms with Crippen molar-refractivity contribution >= 4 is 11.9 Å². The van der Waals surface area contributed by atoms with Gasteiger partial charge in [-0.1, -0.05) is 6.07 Å². The highest BCUT2D eigenvalue weighted by molar-refractivity contribution is 5.96. The van der Waals surface area contributed by atoms with E-state index in [-0.39, 0.29) is 11.4 Å². The van der Waals surface area contributed by atoms with E-state index in [1.165, 1.54) is 17.5 Å². The van der Waals surface area contributed by atoms with E-state index in [0.717, 1.165) is 43.2 Å². The molecule has 0 spiro atoms. The van der Waals surface area contributed by atoms with Crippen molar-refractivity contribution in [2.24, 2.45) is 5.41 Å². The van der Waals surface area contributed by atoms with E-state index in [0.29, 0.717) is 19.3 Å². The maximum absolute atomic E-state index is 12.9. The van der Waals surface area contributed by atoms with Gasteiger partial charge in [0.05, 0.1) is 5.41 Å². The highest BCUT2D eigenvalue weighted by atomic mass is 16.4. The monoisotopic (exact) mass is 327 g/mol. The van der Waals surface area contributed by atoms with E-state index < -0.39 is 11.4 Å². The molecule has 3 saturated carbocycles. The number of aliphatic carboxylic acids is 1. The molecule has 0 atom stereocenters. The lowest BCUT2D eigenvalue weighted by atomic mass is 9.57. The lowest BCUT2D eigenvalue weighted by Gasteiger charge is -2.51. The lowest BCUT2D eigenvalue weighted by molar-refractivity contribution is -0.156. The number of fused-ring (bicyclic) bond motifs is 4. The smallest absolute Gasteiger partial charge is 0.309 e. The molecule has 4 aliphatic carbocycles. The first-order chi connectivity index (χ1) is 11.4. The molecule has 4 nitrogen and oxygen atoms in total. The van der Waals surface area contributed by atoms with E-state index in [4.69, 9.17) is 0 Å². The number of hydrogen-bond donors (Lipinski definition) is 2. The molecule has 1 aromatic carbocycles. The van der Waals surface area contributed by atoms with Crippen LogP contribution in [0.1, 0.15) is 72.0 Å². The summed E-state index contributed by atoms with van der Waals surface area (Å²) in [7, 11) is 0. The van der Waals surface area contributed by atoms with Crippen LogP contribution >= 0.6 is 0 Å². The normalized spacial score (nSPS) is 30.9. The van der Waals surface area contributed by atoms with Gasteiger partial charge in [-0.3, -0.25) is 9.59 Å². The minimum Gasteiger partial charge on any atom is -0.481 e. The summed E-state index contributed by atoms with van der Waals surface area (Å²) in [6, 6.07) is 4.08. The molecule has 5 rings (SSSR count). The molecule has 1 aromatic rings. The Bertz CT molecular complexity index is 697. The predicted octanol–water partition coefficient (Wildman–Crippen LogP) is 3.39. The largest absolute Gasteiger partial charge is 0.481 e. The summed E-state index contributed by atoms with van der Waals surface area (Å²) in [4.78, 5) is 24.4. The fraction of sp³-hybridized carbons (Fsp3) is 0.600. The van der Waals surface area contributed by atoms with Crippen LogP contribution in [0.5, 0.6) is 0 Å². The summed E-state index contributed by atoms with van der Waals surface area (Å²) in [5, 5.41) is 12.8. The fourth-order valence-electron chi connectivity index (χ4n) is 5.10. The van der Waals surface area contributed by atoms with E-state index in [1.54, 1.807) is 0 Å². The number of benzene rings is 1. The number of carbonyl (C=O) groups is 2. The molecule has 0 saturated heterocycles. The Balaban J connectivity index is 1.53. The van der Waals surface area contributed by atoms with Gasteiger partial charge in [-0.2, -0.15) is 0 Å². The zero-order valence-electron chi connectivity index (χ0n) is 14.3. The molecule has 2 N–H and O–H groups in total. The lowest BCUT2D eigenvalue weighted by Crippen LogP contribution is -2.58. The van der Waals surface area contributed by atoms with Gasteiger partial charge in [0.25, 0.3) is 5.91 Å². The average Bonchev–Trinajstić information content (AvgIpc) is 3.06. The number of carboxylic acids is 1. The zero-order valence-corrected chi connectivity index (χ0v) is 14.3. The van der Waals surface area contributed by atoms with E-state index in [9.17, 15) is 14.7 Å². The number of aryl methyl sites for hydroxylation is 1. The standard InChI is InChI=1S/C20H25NO3/c1-13-15-4-2-3-14(15)5-6-16(13)17(22)21-20-10-7-19(8-11-20,9-12-20)18(23)24/h5-6H,2-4,7-12H2,1H3,(H,21,22)(H,23,24). The van der Waals surface area contributed by atoms with Gasteiger partial charge in [0.2, 0.25) is 0 Å². The summed E-state index contributed by atoms with van der Waals surface area (Å²) in [6.07, 6.45) is 7.80. The molecule has 0 unspecified atom stereocenters. The van der Waals surface area contributed by atoms with Crippen molar-refractivity contribution in [1.29, 1.82) is 0 Å². The van der Waals surface area contributed by atoms with Crippen molar-refractivity contribution in [2.75, 3.05) is 0 Å². The highest BCUT2D eigenvalue weighted by Crippen LogP contribution is 2.52. The number of carbonyl (C=O) groups excluding carboxylic acids is 1. The molecule has 0 aliphatic heterocycles. The van der Waals surface area contributed by atoms with Crippen LogP contribution in [0.15, 0.2) is 12.1 Å². The third kappa shape index (κ3) is 2.27. The summed E-state index contributed by atoms with van der Waals surface area (Å²) in [5.74, 6) is -0.636. The third-order valence-electron chi connectivity index (χ3n) is 6.89. The van der Waals surface area contributed by atoms with Crippen LogP contribution in [-0.2, 0) is 17.6 Å². The minimum atomic E-state index is -0.656. The van der Waals surface area contributed by atoms with Gasteiger partial charge in [-0.25, -0.2) is 0 Å². The first-order valence-electron chi connectivity index (χ1n) is 9.12. The van der Waals surface area contributed by atoms with Gasteiger partial charge in [-0.05, 0) is 87.5 Å². The van der Waals surface area contributed by atoms with Crippen LogP contribution in [0.25, 0.3) is 0 Å². The van der Waals surface area contributed by atoms with Crippen LogP contribution in [0.3, 0.4) is 0 Å². The molecule has 2 bridgehead atoms. The van der Waals surface area contributed by atoms with Crippen LogP contribution in [0.2, 0.25) is 0 Å². The molecule has 4 heteroatoms. The number of nitrogens with one attached hydrogen (secondary N) is 1. The topological polar surface area (TPSA) is 66.4 Å². The molecule has 3 fully saturated rings. The van der Waals surface area contributed by atoms with E-state index in [1.807, 2.05) is 6.07 Å². The summed E-state index contributed by atoms with van der Waals surface area (Å²) in [5.41, 5.74) is 3.95. The van der Waals surface area contributed by atoms with Crippen LogP contribution < -0.4 is 5.32 Å².